The van der Waals surface area contributed by atoms with Crippen molar-refractivity contribution < 1.29 is 9.90 Å². The predicted molar refractivity (Wildman–Crippen MR) is 70.9 cm³/mol. The van der Waals surface area contributed by atoms with Crippen LogP contribution in [0.3, 0.4) is 0 Å². The maximum absolute atomic E-state index is 11.1. The van der Waals surface area contributed by atoms with Gasteiger partial charge in [-0.3, -0.25) is 4.79 Å². The number of nitrogens with zero attached hydrogens (tertiary/aromatic N) is 3. The fourth-order valence-electron chi connectivity index (χ4n) is 3.73. The zero-order valence-electron chi connectivity index (χ0n) is 11.5. The van der Waals surface area contributed by atoms with E-state index in [1.807, 2.05) is 0 Å². The first-order valence-electron chi connectivity index (χ1n) is 7.41. The number of hydrogen-bond acceptors (Lipinski definition) is 5. The number of carboxylic acid groups (broad SMARTS) is 1. The Morgan fingerprint density at radius 2 is 2.20 bits per heavy atom. The van der Waals surface area contributed by atoms with Crippen LogP contribution in [-0.4, -0.2) is 44.3 Å². The largest absolute Gasteiger partial charge is 0.480 e. The van der Waals surface area contributed by atoms with Gasteiger partial charge in [-0.05, 0) is 50.0 Å². The third-order valence-corrected chi connectivity index (χ3v) is 4.88. The summed E-state index contributed by atoms with van der Waals surface area (Å²) in [4.78, 5) is 11.1. The molecule has 4 atom stereocenters. The molecule has 7 nitrogen and oxygen atoms in total. The first kappa shape index (κ1) is 13.5. The van der Waals surface area contributed by atoms with Crippen LogP contribution in [0, 0.1) is 17.8 Å². The number of tetrazole rings is 1. The first-order chi connectivity index (χ1) is 9.72. The van der Waals surface area contributed by atoms with E-state index in [-0.39, 0.29) is 6.04 Å². The van der Waals surface area contributed by atoms with Crippen LogP contribution in [0.1, 0.15) is 37.9 Å². The second-order valence-electron chi connectivity index (χ2n) is 6.10. The fraction of sp³-hybridized carbons (Fsp3) is 0.846. The number of carboxylic acids is 1. The number of aryl methyl sites for hydroxylation is 1. The zero-order valence-corrected chi connectivity index (χ0v) is 11.5. The summed E-state index contributed by atoms with van der Waals surface area (Å²) in [5.41, 5.74) is 0. The van der Waals surface area contributed by atoms with Gasteiger partial charge in [-0.2, -0.15) is 5.21 Å². The number of hydrogen-bond donors (Lipinski definition) is 3. The standard InChI is InChI=1S/C13H21N5O2/c19-13(20)11-6-10-5-8(1-3-9(10)7-14-11)2-4-12-15-17-18-16-12/h8-11,14H,1-7H2,(H,19,20)(H,15,16,17,18)/t8?,9?,10?,11-/m1/s1. The third kappa shape index (κ3) is 2.98. The molecular weight excluding hydrogens is 258 g/mol. The third-order valence-electron chi connectivity index (χ3n) is 4.88. The molecule has 1 aromatic heterocycles. The summed E-state index contributed by atoms with van der Waals surface area (Å²) < 4.78 is 0. The minimum atomic E-state index is -0.711. The predicted octanol–water partition coefficient (Wildman–Crippen LogP) is 0.611. The Morgan fingerprint density at radius 1 is 1.30 bits per heavy atom. The van der Waals surface area contributed by atoms with Gasteiger partial charge in [0.15, 0.2) is 5.82 Å². The number of nitrogens with one attached hydrogen (secondary N) is 2. The number of carbonyl (C=O) groups is 1. The minimum Gasteiger partial charge on any atom is -0.480 e. The Labute approximate surface area is 117 Å². The minimum absolute atomic E-state index is 0.354. The van der Waals surface area contributed by atoms with Crippen LogP contribution >= 0.6 is 0 Å². The molecule has 1 aliphatic carbocycles. The van der Waals surface area contributed by atoms with Crippen molar-refractivity contribution >= 4 is 5.97 Å². The van der Waals surface area contributed by atoms with Gasteiger partial charge < -0.3 is 10.4 Å². The first-order valence-corrected chi connectivity index (χ1v) is 7.41. The highest BCUT2D eigenvalue weighted by atomic mass is 16.4. The van der Waals surface area contributed by atoms with E-state index >= 15 is 0 Å². The number of piperidine rings is 1. The quantitative estimate of drug-likeness (QED) is 0.746. The Balaban J connectivity index is 1.52. The molecule has 2 heterocycles. The molecule has 0 aromatic carbocycles. The smallest absolute Gasteiger partial charge is 0.320 e. The lowest BCUT2D eigenvalue weighted by atomic mass is 9.69. The number of H-pyrrole nitrogens is 1. The van der Waals surface area contributed by atoms with E-state index in [0.29, 0.717) is 17.8 Å². The molecule has 3 rings (SSSR count). The number of aliphatic carboxylic acids is 1. The van der Waals surface area contributed by atoms with Crippen LogP contribution < -0.4 is 5.32 Å². The van der Waals surface area contributed by atoms with E-state index in [2.05, 4.69) is 25.9 Å². The van der Waals surface area contributed by atoms with Gasteiger partial charge in [0, 0.05) is 6.42 Å². The molecule has 1 saturated heterocycles. The van der Waals surface area contributed by atoms with Gasteiger partial charge >= 0.3 is 5.97 Å². The van der Waals surface area contributed by atoms with Gasteiger partial charge in [0.1, 0.15) is 6.04 Å². The van der Waals surface area contributed by atoms with Crippen molar-refractivity contribution in [1.29, 1.82) is 0 Å². The molecule has 1 saturated carbocycles. The highest BCUT2D eigenvalue weighted by Crippen LogP contribution is 2.40. The van der Waals surface area contributed by atoms with E-state index in [0.717, 1.165) is 38.1 Å². The van der Waals surface area contributed by atoms with Crippen molar-refractivity contribution in [2.75, 3.05) is 6.54 Å². The Bertz CT molecular complexity index is 450. The van der Waals surface area contributed by atoms with E-state index in [9.17, 15) is 4.79 Å². The van der Waals surface area contributed by atoms with Gasteiger partial charge in [0.25, 0.3) is 0 Å². The summed E-state index contributed by atoms with van der Waals surface area (Å²) in [7, 11) is 0. The Kier molecular flexibility index (Phi) is 3.95. The SMILES string of the molecule is O=C(O)[C@H]1CC2CC(CCc3nn[nH]n3)CCC2CN1. The molecule has 7 heteroatoms. The highest BCUT2D eigenvalue weighted by Gasteiger charge is 2.37. The molecule has 20 heavy (non-hydrogen) atoms. The lowest BCUT2D eigenvalue weighted by Gasteiger charge is -2.41. The van der Waals surface area contributed by atoms with Gasteiger partial charge in [0.05, 0.1) is 0 Å². The second-order valence-corrected chi connectivity index (χ2v) is 6.10. The lowest BCUT2D eigenvalue weighted by Crippen LogP contribution is -2.49. The molecule has 3 N–H and O–H groups in total. The molecule has 2 aliphatic rings. The van der Waals surface area contributed by atoms with E-state index in [1.165, 1.54) is 12.8 Å². The van der Waals surface area contributed by atoms with Gasteiger partial charge in [0.2, 0.25) is 0 Å². The summed E-state index contributed by atoms with van der Waals surface area (Å²) in [6.07, 6.45) is 6.30. The van der Waals surface area contributed by atoms with Crippen LogP contribution in [0.15, 0.2) is 0 Å². The Morgan fingerprint density at radius 3 is 2.95 bits per heavy atom. The molecule has 0 amide bonds. The normalized spacial score (nSPS) is 33.6. The van der Waals surface area contributed by atoms with Crippen LogP contribution in [0.2, 0.25) is 0 Å². The van der Waals surface area contributed by atoms with Crippen LogP contribution in [0.4, 0.5) is 0 Å². The Hall–Kier alpha value is -1.50. The molecule has 1 aliphatic heterocycles. The number of aromatic nitrogens is 4. The van der Waals surface area contributed by atoms with Gasteiger partial charge in [-0.25, -0.2) is 0 Å². The van der Waals surface area contributed by atoms with Crippen LogP contribution in [0.5, 0.6) is 0 Å². The second kappa shape index (κ2) is 5.87. The molecule has 0 spiro atoms. The zero-order chi connectivity index (χ0) is 13.9. The highest BCUT2D eigenvalue weighted by molar-refractivity contribution is 5.73. The molecular formula is C13H21N5O2. The molecule has 3 unspecified atom stereocenters. The van der Waals surface area contributed by atoms with Crippen molar-refractivity contribution in [2.24, 2.45) is 17.8 Å². The van der Waals surface area contributed by atoms with E-state index < -0.39 is 5.97 Å². The van der Waals surface area contributed by atoms with E-state index in [4.69, 9.17) is 5.11 Å². The van der Waals surface area contributed by atoms with Crippen molar-refractivity contribution in [3.8, 4) is 0 Å². The van der Waals surface area contributed by atoms with Crippen molar-refractivity contribution in [2.45, 2.75) is 44.6 Å². The maximum atomic E-state index is 11.1. The number of rotatable bonds is 4. The topological polar surface area (TPSA) is 104 Å². The van der Waals surface area contributed by atoms with Crippen molar-refractivity contribution in [3.05, 3.63) is 5.82 Å². The number of fused-ring (bicyclic) bond motifs is 1. The van der Waals surface area contributed by atoms with E-state index in [1.54, 1.807) is 0 Å². The summed E-state index contributed by atoms with van der Waals surface area (Å²) >= 11 is 0. The monoisotopic (exact) mass is 279 g/mol. The van der Waals surface area contributed by atoms with Gasteiger partial charge in [-0.1, -0.05) is 11.6 Å². The van der Waals surface area contributed by atoms with Gasteiger partial charge in [-0.15, -0.1) is 10.2 Å². The fourth-order valence-corrected chi connectivity index (χ4v) is 3.73. The molecule has 0 radical (unpaired) electrons. The summed E-state index contributed by atoms with van der Waals surface area (Å²) in [5, 5.41) is 26.3. The average Bonchev–Trinajstić information content (AvgIpc) is 2.97. The molecule has 1 aromatic rings. The number of aromatic amines is 1. The maximum Gasteiger partial charge on any atom is 0.320 e. The molecule has 0 bridgehead atoms. The molecule has 2 fully saturated rings. The summed E-state index contributed by atoms with van der Waals surface area (Å²) in [6, 6.07) is -0.354. The average molecular weight is 279 g/mol. The molecule has 110 valence electrons. The summed E-state index contributed by atoms with van der Waals surface area (Å²) in [5.74, 6) is 1.95. The lowest BCUT2D eigenvalue weighted by molar-refractivity contribution is -0.141. The van der Waals surface area contributed by atoms with Crippen LogP contribution in [0.25, 0.3) is 0 Å². The van der Waals surface area contributed by atoms with Crippen molar-refractivity contribution in [3.63, 3.8) is 0 Å². The van der Waals surface area contributed by atoms with Crippen molar-refractivity contribution in [1.82, 2.24) is 25.9 Å². The van der Waals surface area contributed by atoms with Crippen LogP contribution in [-0.2, 0) is 11.2 Å². The summed E-state index contributed by atoms with van der Waals surface area (Å²) in [6.45, 7) is 0.860.